The lowest BCUT2D eigenvalue weighted by atomic mass is 9.87. The molecule has 3 rings (SSSR count). The van der Waals surface area contributed by atoms with E-state index in [1.807, 2.05) is 12.1 Å². The fourth-order valence-electron chi connectivity index (χ4n) is 3.20. The van der Waals surface area contributed by atoms with Crippen LogP contribution in [-0.4, -0.2) is 43.6 Å². The summed E-state index contributed by atoms with van der Waals surface area (Å²) in [4.78, 5) is 0.144. The summed E-state index contributed by atoms with van der Waals surface area (Å²) in [7, 11) is -0.696. The van der Waals surface area contributed by atoms with Crippen molar-refractivity contribution >= 4 is 15.8 Å². The SMILES string of the molecule is COc1ccc(-c2c(OCCO)nn(C)c2NS(=O)(=O)c2ccc(C(C)(C)C)cc2)cc1. The van der Waals surface area contributed by atoms with E-state index in [4.69, 9.17) is 14.6 Å². The Hall–Kier alpha value is -3.04. The lowest BCUT2D eigenvalue weighted by Gasteiger charge is -2.19. The Morgan fingerprint density at radius 2 is 1.69 bits per heavy atom. The van der Waals surface area contributed by atoms with E-state index in [9.17, 15) is 8.42 Å². The number of anilines is 1. The normalized spacial score (nSPS) is 11.9. The topological polar surface area (TPSA) is 103 Å². The van der Waals surface area contributed by atoms with Crippen molar-refractivity contribution in [2.24, 2.45) is 7.05 Å². The van der Waals surface area contributed by atoms with Crippen LogP contribution in [0.4, 0.5) is 5.82 Å². The quantitative estimate of drug-likeness (QED) is 0.534. The molecular weight excluding hydrogens is 430 g/mol. The highest BCUT2D eigenvalue weighted by atomic mass is 32.2. The number of aliphatic hydroxyl groups excluding tert-OH is 1. The molecule has 0 unspecified atom stereocenters. The minimum Gasteiger partial charge on any atom is -0.497 e. The largest absolute Gasteiger partial charge is 0.497 e. The summed E-state index contributed by atoms with van der Waals surface area (Å²) in [6.07, 6.45) is 0. The maximum atomic E-state index is 13.2. The summed E-state index contributed by atoms with van der Waals surface area (Å²) in [6.45, 7) is 6.04. The lowest BCUT2D eigenvalue weighted by molar-refractivity contribution is 0.196. The molecule has 0 aliphatic heterocycles. The summed E-state index contributed by atoms with van der Waals surface area (Å²) in [6, 6.07) is 13.9. The molecule has 32 heavy (non-hydrogen) atoms. The van der Waals surface area contributed by atoms with Crippen LogP contribution in [-0.2, 0) is 22.5 Å². The van der Waals surface area contributed by atoms with Crippen LogP contribution in [0, 0.1) is 0 Å². The summed E-state index contributed by atoms with van der Waals surface area (Å²) in [5.74, 6) is 1.13. The monoisotopic (exact) mass is 459 g/mol. The van der Waals surface area contributed by atoms with Gasteiger partial charge in [0.15, 0.2) is 0 Å². The van der Waals surface area contributed by atoms with Gasteiger partial charge in [0.25, 0.3) is 10.0 Å². The zero-order chi connectivity index (χ0) is 23.5. The minimum absolute atomic E-state index is 0.0284. The van der Waals surface area contributed by atoms with Gasteiger partial charge < -0.3 is 14.6 Å². The van der Waals surface area contributed by atoms with Crippen molar-refractivity contribution in [3.05, 3.63) is 54.1 Å². The number of benzene rings is 2. The van der Waals surface area contributed by atoms with Gasteiger partial charge in [-0.25, -0.2) is 13.1 Å². The number of hydrogen-bond acceptors (Lipinski definition) is 6. The predicted octanol–water partition coefficient (Wildman–Crippen LogP) is 3.57. The second-order valence-electron chi connectivity index (χ2n) is 8.33. The van der Waals surface area contributed by atoms with Crippen LogP contribution in [0.25, 0.3) is 11.1 Å². The minimum atomic E-state index is -3.89. The Morgan fingerprint density at radius 1 is 1.06 bits per heavy atom. The van der Waals surface area contributed by atoms with Gasteiger partial charge in [0.1, 0.15) is 18.2 Å². The van der Waals surface area contributed by atoms with Gasteiger partial charge in [-0.05, 0) is 40.8 Å². The van der Waals surface area contributed by atoms with Gasteiger partial charge in [0.05, 0.1) is 24.2 Å². The van der Waals surface area contributed by atoms with Gasteiger partial charge in [0, 0.05) is 7.05 Å². The standard InChI is InChI=1S/C23H29N3O5S/c1-23(2,3)17-8-12-19(13-9-17)32(28,29)25-21-20(16-6-10-18(30-5)11-7-16)22(24-26(21)4)31-15-14-27/h6-13,25,27H,14-15H2,1-5H3. The van der Waals surface area contributed by atoms with Crippen LogP contribution >= 0.6 is 0 Å². The van der Waals surface area contributed by atoms with Crippen molar-refractivity contribution in [3.8, 4) is 22.8 Å². The predicted molar refractivity (Wildman–Crippen MR) is 124 cm³/mol. The third-order valence-electron chi connectivity index (χ3n) is 4.99. The van der Waals surface area contributed by atoms with Crippen LogP contribution in [0.3, 0.4) is 0 Å². The molecular formula is C23H29N3O5S. The number of rotatable bonds is 8. The molecule has 0 fully saturated rings. The molecule has 0 saturated heterocycles. The first-order valence-corrected chi connectivity index (χ1v) is 11.6. The van der Waals surface area contributed by atoms with E-state index < -0.39 is 10.0 Å². The van der Waals surface area contributed by atoms with Gasteiger partial charge in [-0.2, -0.15) is 0 Å². The van der Waals surface area contributed by atoms with Crippen LogP contribution in [0.15, 0.2) is 53.4 Å². The van der Waals surface area contributed by atoms with Gasteiger partial charge >= 0.3 is 0 Å². The van der Waals surface area contributed by atoms with Gasteiger partial charge in [-0.1, -0.05) is 45.0 Å². The molecule has 1 heterocycles. The first-order chi connectivity index (χ1) is 15.1. The highest BCUT2D eigenvalue weighted by Crippen LogP contribution is 2.38. The number of hydrogen-bond donors (Lipinski definition) is 2. The first kappa shape index (κ1) is 23.6. The number of nitrogens with zero attached hydrogens (tertiary/aromatic N) is 2. The van der Waals surface area contributed by atoms with E-state index in [0.717, 1.165) is 5.56 Å². The highest BCUT2D eigenvalue weighted by molar-refractivity contribution is 7.92. The van der Waals surface area contributed by atoms with Crippen molar-refractivity contribution < 1.29 is 23.0 Å². The molecule has 0 amide bonds. The van der Waals surface area contributed by atoms with Gasteiger partial charge in [-0.3, -0.25) is 4.72 Å². The molecule has 2 aromatic carbocycles. The number of sulfonamides is 1. The van der Waals surface area contributed by atoms with Crippen molar-refractivity contribution in [1.29, 1.82) is 0 Å². The Kier molecular flexibility index (Phi) is 6.80. The van der Waals surface area contributed by atoms with Crippen molar-refractivity contribution in [2.75, 3.05) is 25.0 Å². The van der Waals surface area contributed by atoms with Crippen LogP contribution < -0.4 is 14.2 Å². The second-order valence-corrected chi connectivity index (χ2v) is 10.0. The fourth-order valence-corrected chi connectivity index (χ4v) is 4.30. The number of methoxy groups -OCH3 is 1. The number of aromatic nitrogens is 2. The van der Waals surface area contributed by atoms with E-state index in [1.54, 1.807) is 50.6 Å². The summed E-state index contributed by atoms with van der Waals surface area (Å²) >= 11 is 0. The van der Waals surface area contributed by atoms with Crippen LogP contribution in [0.1, 0.15) is 26.3 Å². The summed E-state index contributed by atoms with van der Waals surface area (Å²) in [5, 5.41) is 13.5. The van der Waals surface area contributed by atoms with E-state index in [0.29, 0.717) is 16.9 Å². The Morgan fingerprint density at radius 3 is 2.22 bits per heavy atom. The number of ether oxygens (including phenoxy) is 2. The molecule has 0 spiro atoms. The van der Waals surface area contributed by atoms with E-state index in [2.05, 4.69) is 30.6 Å². The van der Waals surface area contributed by atoms with Gasteiger partial charge in [-0.15, -0.1) is 5.10 Å². The summed E-state index contributed by atoms with van der Waals surface area (Å²) < 4.78 is 41.2. The molecule has 1 aromatic heterocycles. The second kappa shape index (κ2) is 9.22. The number of aryl methyl sites for hydroxylation is 1. The molecule has 0 bridgehead atoms. The third-order valence-corrected chi connectivity index (χ3v) is 6.34. The van der Waals surface area contributed by atoms with Crippen molar-refractivity contribution in [2.45, 2.75) is 31.1 Å². The maximum Gasteiger partial charge on any atom is 0.263 e. The third kappa shape index (κ3) is 5.05. The first-order valence-electron chi connectivity index (χ1n) is 10.2. The van der Waals surface area contributed by atoms with Crippen molar-refractivity contribution in [3.63, 3.8) is 0 Å². The molecule has 0 radical (unpaired) electrons. The van der Waals surface area contributed by atoms with E-state index in [1.165, 1.54) is 4.68 Å². The van der Waals surface area contributed by atoms with Crippen LogP contribution in [0.2, 0.25) is 0 Å². The molecule has 172 valence electrons. The molecule has 3 aromatic rings. The molecule has 0 aliphatic rings. The average molecular weight is 460 g/mol. The maximum absolute atomic E-state index is 13.2. The Bertz CT molecular complexity index is 1160. The smallest absolute Gasteiger partial charge is 0.263 e. The van der Waals surface area contributed by atoms with Gasteiger partial charge in [0.2, 0.25) is 5.88 Å². The van der Waals surface area contributed by atoms with Crippen LogP contribution in [0.5, 0.6) is 11.6 Å². The molecule has 0 aliphatic carbocycles. The fraction of sp³-hybridized carbons (Fsp3) is 0.348. The zero-order valence-corrected chi connectivity index (χ0v) is 19.7. The number of nitrogens with one attached hydrogen (secondary N) is 1. The molecule has 0 atom stereocenters. The Balaban J connectivity index is 2.03. The zero-order valence-electron chi connectivity index (χ0n) is 18.9. The molecule has 9 heteroatoms. The van der Waals surface area contributed by atoms with E-state index >= 15 is 0 Å². The molecule has 8 nitrogen and oxygen atoms in total. The number of aliphatic hydroxyl groups is 1. The van der Waals surface area contributed by atoms with Crippen molar-refractivity contribution in [1.82, 2.24) is 9.78 Å². The highest BCUT2D eigenvalue weighted by Gasteiger charge is 2.25. The summed E-state index contributed by atoms with van der Waals surface area (Å²) in [5.41, 5.74) is 2.11. The lowest BCUT2D eigenvalue weighted by Crippen LogP contribution is -2.17. The molecule has 0 saturated carbocycles. The van der Waals surface area contributed by atoms with E-state index in [-0.39, 0.29) is 35.2 Å². The molecule has 2 N–H and O–H groups in total. The Labute approximate surface area is 188 Å². The average Bonchev–Trinajstić information content (AvgIpc) is 3.06.